The maximum atomic E-state index is 13.6. The van der Waals surface area contributed by atoms with Gasteiger partial charge in [-0.1, -0.05) is 0 Å². The van der Waals surface area contributed by atoms with Gasteiger partial charge in [0.05, 0.1) is 24.1 Å². The Bertz CT molecular complexity index is 447. The second-order valence-corrected chi connectivity index (χ2v) is 5.15. The average molecular weight is 268 g/mol. The Morgan fingerprint density at radius 1 is 1.47 bits per heavy atom. The van der Waals surface area contributed by atoms with Crippen LogP contribution in [0, 0.1) is 11.7 Å². The standard InChI is InChI=1S/C14H21FN2O2/c1-3-19-14-7-13(12(16)6-11(14)15)17(2)8-9-4-10(18)5-9/h6-7,9-10,18H,3-5,8,16H2,1-2H3. The molecule has 0 aliphatic heterocycles. The van der Waals surface area contributed by atoms with Crippen LogP contribution in [0.25, 0.3) is 0 Å². The van der Waals surface area contributed by atoms with E-state index in [-0.39, 0.29) is 11.9 Å². The van der Waals surface area contributed by atoms with E-state index in [1.165, 1.54) is 6.07 Å². The molecule has 0 unspecified atom stereocenters. The van der Waals surface area contributed by atoms with Gasteiger partial charge >= 0.3 is 0 Å². The lowest BCUT2D eigenvalue weighted by atomic mass is 9.82. The summed E-state index contributed by atoms with van der Waals surface area (Å²) >= 11 is 0. The van der Waals surface area contributed by atoms with Crippen molar-refractivity contribution in [3.8, 4) is 5.75 Å². The molecule has 106 valence electrons. The maximum Gasteiger partial charge on any atom is 0.167 e. The van der Waals surface area contributed by atoms with Crippen LogP contribution in [0.2, 0.25) is 0 Å². The number of rotatable bonds is 5. The first-order valence-electron chi connectivity index (χ1n) is 6.62. The first-order valence-corrected chi connectivity index (χ1v) is 6.62. The Morgan fingerprint density at radius 3 is 2.74 bits per heavy atom. The number of benzene rings is 1. The number of aliphatic hydroxyl groups is 1. The third-order valence-corrected chi connectivity index (χ3v) is 3.54. The van der Waals surface area contributed by atoms with Gasteiger partial charge in [0.1, 0.15) is 0 Å². The molecule has 5 heteroatoms. The van der Waals surface area contributed by atoms with Crippen LogP contribution in [0.15, 0.2) is 12.1 Å². The maximum absolute atomic E-state index is 13.6. The van der Waals surface area contributed by atoms with Crippen LogP contribution in [-0.4, -0.2) is 31.4 Å². The molecule has 0 heterocycles. The third kappa shape index (κ3) is 3.10. The van der Waals surface area contributed by atoms with Gasteiger partial charge in [0, 0.05) is 25.7 Å². The summed E-state index contributed by atoms with van der Waals surface area (Å²) in [5, 5.41) is 9.29. The van der Waals surface area contributed by atoms with E-state index >= 15 is 0 Å². The number of nitrogen functional groups attached to an aromatic ring is 1. The van der Waals surface area contributed by atoms with Gasteiger partial charge in [-0.05, 0) is 25.7 Å². The van der Waals surface area contributed by atoms with Gasteiger partial charge in [-0.15, -0.1) is 0 Å². The van der Waals surface area contributed by atoms with Crippen molar-refractivity contribution in [3.05, 3.63) is 17.9 Å². The lowest BCUT2D eigenvalue weighted by molar-refractivity contribution is 0.0465. The van der Waals surface area contributed by atoms with E-state index in [4.69, 9.17) is 10.5 Å². The Labute approximate surface area is 113 Å². The predicted octanol–water partition coefficient (Wildman–Crippen LogP) is 2.01. The monoisotopic (exact) mass is 268 g/mol. The normalized spacial score (nSPS) is 21.9. The largest absolute Gasteiger partial charge is 0.491 e. The number of nitrogens with zero attached hydrogens (tertiary/aromatic N) is 1. The minimum atomic E-state index is -0.435. The SMILES string of the molecule is CCOc1cc(N(C)CC2CC(O)C2)c(N)cc1F. The van der Waals surface area contributed by atoms with Crippen LogP contribution in [0.1, 0.15) is 19.8 Å². The number of ether oxygens (including phenoxy) is 1. The van der Waals surface area contributed by atoms with E-state index in [9.17, 15) is 9.50 Å². The quantitative estimate of drug-likeness (QED) is 0.802. The molecule has 0 saturated heterocycles. The minimum absolute atomic E-state index is 0.164. The molecule has 0 spiro atoms. The lowest BCUT2D eigenvalue weighted by Gasteiger charge is -2.35. The zero-order valence-electron chi connectivity index (χ0n) is 11.4. The summed E-state index contributed by atoms with van der Waals surface area (Å²) in [7, 11) is 1.92. The number of nitrogens with two attached hydrogens (primary N) is 1. The van der Waals surface area contributed by atoms with E-state index in [1.54, 1.807) is 6.07 Å². The molecule has 19 heavy (non-hydrogen) atoms. The summed E-state index contributed by atoms with van der Waals surface area (Å²) in [4.78, 5) is 1.99. The van der Waals surface area contributed by atoms with Crippen LogP contribution in [-0.2, 0) is 0 Å². The molecule has 0 atom stereocenters. The molecule has 3 N–H and O–H groups in total. The summed E-state index contributed by atoms with van der Waals surface area (Å²) in [5.41, 5.74) is 7.04. The zero-order valence-corrected chi connectivity index (χ0v) is 11.4. The van der Waals surface area contributed by atoms with Crippen LogP contribution in [0.5, 0.6) is 5.75 Å². The summed E-state index contributed by atoms with van der Waals surface area (Å²) in [5.74, 6) is 0.266. The lowest BCUT2D eigenvalue weighted by Crippen LogP contribution is -2.37. The first kappa shape index (κ1) is 13.9. The van der Waals surface area contributed by atoms with Crippen molar-refractivity contribution in [2.45, 2.75) is 25.9 Å². The molecule has 0 amide bonds. The molecular formula is C14H21FN2O2. The fourth-order valence-corrected chi connectivity index (χ4v) is 2.49. The summed E-state index contributed by atoms with van der Waals surface area (Å²) in [6, 6.07) is 2.94. The summed E-state index contributed by atoms with van der Waals surface area (Å²) in [6.07, 6.45) is 1.48. The number of hydrogen-bond donors (Lipinski definition) is 2. The number of aliphatic hydroxyl groups excluding tert-OH is 1. The zero-order chi connectivity index (χ0) is 14.0. The van der Waals surface area contributed by atoms with Crippen molar-refractivity contribution in [1.29, 1.82) is 0 Å². The molecule has 1 aromatic rings. The van der Waals surface area contributed by atoms with Crippen molar-refractivity contribution >= 4 is 11.4 Å². The summed E-state index contributed by atoms with van der Waals surface area (Å²) < 4.78 is 18.9. The van der Waals surface area contributed by atoms with Crippen molar-refractivity contribution in [3.63, 3.8) is 0 Å². The van der Waals surface area contributed by atoms with E-state index < -0.39 is 5.82 Å². The topological polar surface area (TPSA) is 58.7 Å². The number of halogens is 1. The van der Waals surface area contributed by atoms with Gasteiger partial charge in [-0.3, -0.25) is 0 Å². The smallest absolute Gasteiger partial charge is 0.167 e. The van der Waals surface area contributed by atoms with Gasteiger partial charge in [0.2, 0.25) is 0 Å². The molecule has 0 radical (unpaired) electrons. The molecule has 1 aromatic carbocycles. The highest BCUT2D eigenvalue weighted by atomic mass is 19.1. The average Bonchev–Trinajstić information content (AvgIpc) is 2.30. The number of anilines is 2. The van der Waals surface area contributed by atoms with Crippen molar-refractivity contribution in [2.75, 3.05) is 30.8 Å². The van der Waals surface area contributed by atoms with Gasteiger partial charge in [-0.25, -0.2) is 4.39 Å². The molecule has 0 bridgehead atoms. The molecule has 2 rings (SSSR count). The van der Waals surface area contributed by atoms with Crippen molar-refractivity contribution in [2.24, 2.45) is 5.92 Å². The fourth-order valence-electron chi connectivity index (χ4n) is 2.49. The van der Waals surface area contributed by atoms with Gasteiger partial charge in [0.25, 0.3) is 0 Å². The van der Waals surface area contributed by atoms with Crippen LogP contribution < -0.4 is 15.4 Å². The van der Waals surface area contributed by atoms with E-state index in [1.807, 2.05) is 18.9 Å². The third-order valence-electron chi connectivity index (χ3n) is 3.54. The van der Waals surface area contributed by atoms with Crippen molar-refractivity contribution < 1.29 is 14.2 Å². The molecule has 1 saturated carbocycles. The highest BCUT2D eigenvalue weighted by Crippen LogP contribution is 2.34. The van der Waals surface area contributed by atoms with E-state index in [0.717, 1.165) is 25.1 Å². The highest BCUT2D eigenvalue weighted by Gasteiger charge is 2.28. The molecule has 1 fully saturated rings. The molecule has 0 aromatic heterocycles. The Morgan fingerprint density at radius 2 is 2.16 bits per heavy atom. The molecule has 1 aliphatic carbocycles. The van der Waals surface area contributed by atoms with Gasteiger partial charge in [0.15, 0.2) is 11.6 Å². The van der Waals surface area contributed by atoms with Crippen molar-refractivity contribution in [1.82, 2.24) is 0 Å². The van der Waals surface area contributed by atoms with Crippen LogP contribution in [0.4, 0.5) is 15.8 Å². The Balaban J connectivity index is 2.11. The van der Waals surface area contributed by atoms with Gasteiger partial charge < -0.3 is 20.5 Å². The second-order valence-electron chi connectivity index (χ2n) is 5.15. The van der Waals surface area contributed by atoms with E-state index in [2.05, 4.69) is 0 Å². The molecular weight excluding hydrogens is 247 g/mol. The molecule has 1 aliphatic rings. The van der Waals surface area contributed by atoms with Crippen LogP contribution in [0.3, 0.4) is 0 Å². The highest BCUT2D eigenvalue weighted by molar-refractivity contribution is 5.69. The predicted molar refractivity (Wildman–Crippen MR) is 74.0 cm³/mol. The summed E-state index contributed by atoms with van der Waals surface area (Å²) in [6.45, 7) is 3.03. The first-order chi connectivity index (χ1) is 9.01. The molecule has 4 nitrogen and oxygen atoms in total. The Kier molecular flexibility index (Phi) is 4.14. The van der Waals surface area contributed by atoms with Gasteiger partial charge in [-0.2, -0.15) is 0 Å². The Hall–Kier alpha value is -1.49. The van der Waals surface area contributed by atoms with E-state index in [0.29, 0.717) is 18.2 Å². The minimum Gasteiger partial charge on any atom is -0.491 e. The fraction of sp³-hybridized carbons (Fsp3) is 0.571. The number of hydrogen-bond acceptors (Lipinski definition) is 4. The second kappa shape index (κ2) is 5.65. The van der Waals surface area contributed by atoms with Crippen LogP contribution >= 0.6 is 0 Å².